The van der Waals surface area contributed by atoms with Gasteiger partial charge in [-0.15, -0.1) is 0 Å². The first-order valence-corrected chi connectivity index (χ1v) is 15.2. The van der Waals surface area contributed by atoms with E-state index in [1.54, 1.807) is 12.1 Å². The number of benzene rings is 2. The van der Waals surface area contributed by atoms with Crippen molar-refractivity contribution in [1.29, 1.82) is 0 Å². The Morgan fingerprint density at radius 1 is 1.03 bits per heavy atom. The second kappa shape index (κ2) is 14.4. The van der Waals surface area contributed by atoms with Crippen LogP contribution in [0.2, 0.25) is 0 Å². The summed E-state index contributed by atoms with van der Waals surface area (Å²) in [5.41, 5.74) is 3.41. The van der Waals surface area contributed by atoms with E-state index in [0.717, 1.165) is 36.8 Å². The molecule has 196 valence electrons. The Labute approximate surface area is 219 Å². The Kier molecular flexibility index (Phi) is 11.9. The first-order chi connectivity index (χ1) is 17.2. The highest BCUT2D eigenvalue weighted by atomic mass is 32.2. The standard InChI is InChI=1S/C28H38NO5PS/c1-5-7-16-28(35(33)34,17-8-6-2)21-13-14-23(24(19-21)22-12-10-9-11-20(22)3)26(30)29-25(27(31)32)15-18-36-4/h9-14,19,25H,5-8,15-18H2,1-4H3,(H,29,30)(H,31,32)/t25-/m0/s1. The van der Waals surface area contributed by atoms with E-state index < -0.39 is 30.8 Å². The summed E-state index contributed by atoms with van der Waals surface area (Å²) in [6, 6.07) is 11.9. The average molecular weight is 532 g/mol. The van der Waals surface area contributed by atoms with Gasteiger partial charge in [-0.1, -0.05) is 69.9 Å². The van der Waals surface area contributed by atoms with Crippen molar-refractivity contribution in [2.45, 2.75) is 76.9 Å². The Hall–Kier alpha value is -2.37. The smallest absolute Gasteiger partial charge is 0.326 e. The number of thioether (sulfide) groups is 1. The predicted octanol–water partition coefficient (Wildman–Crippen LogP) is 7.35. The van der Waals surface area contributed by atoms with Crippen LogP contribution in [0.1, 0.15) is 80.3 Å². The van der Waals surface area contributed by atoms with Crippen LogP contribution in [0.3, 0.4) is 0 Å². The van der Waals surface area contributed by atoms with Gasteiger partial charge in [0, 0.05) is 5.56 Å². The molecule has 2 aromatic carbocycles. The van der Waals surface area contributed by atoms with E-state index in [1.165, 1.54) is 11.8 Å². The van der Waals surface area contributed by atoms with Gasteiger partial charge in [-0.2, -0.15) is 11.8 Å². The molecular weight excluding hydrogens is 493 g/mol. The summed E-state index contributed by atoms with van der Waals surface area (Å²) in [5, 5.41) is 11.3. The molecule has 0 saturated carbocycles. The Bertz CT molecular complexity index is 1100. The van der Waals surface area contributed by atoms with E-state index in [-0.39, 0.29) is 0 Å². The Balaban J connectivity index is 2.68. The Morgan fingerprint density at radius 3 is 2.19 bits per heavy atom. The van der Waals surface area contributed by atoms with Gasteiger partial charge in [0.2, 0.25) is 0 Å². The molecule has 0 saturated heterocycles. The van der Waals surface area contributed by atoms with E-state index in [0.29, 0.717) is 41.7 Å². The molecule has 8 heteroatoms. The second-order valence-corrected chi connectivity index (χ2v) is 11.6. The lowest BCUT2D eigenvalue weighted by atomic mass is 9.84. The highest BCUT2D eigenvalue weighted by Crippen LogP contribution is 2.49. The summed E-state index contributed by atoms with van der Waals surface area (Å²) in [7, 11) is -2.77. The molecule has 0 fully saturated rings. The van der Waals surface area contributed by atoms with Crippen molar-refractivity contribution < 1.29 is 23.8 Å². The third-order valence-corrected chi connectivity index (χ3v) is 8.74. The van der Waals surface area contributed by atoms with Crippen LogP contribution in [0.25, 0.3) is 11.1 Å². The van der Waals surface area contributed by atoms with Gasteiger partial charge in [-0.25, -0.2) is 13.9 Å². The molecule has 0 bridgehead atoms. The van der Waals surface area contributed by atoms with E-state index in [1.807, 2.05) is 57.4 Å². The minimum Gasteiger partial charge on any atom is -0.480 e. The zero-order valence-corrected chi connectivity index (χ0v) is 23.4. The first-order valence-electron chi connectivity index (χ1n) is 12.6. The molecular formula is C28H38NO5PS. The fourth-order valence-corrected chi connectivity index (χ4v) is 6.00. The van der Waals surface area contributed by atoms with Crippen LogP contribution in [0.4, 0.5) is 0 Å². The molecule has 6 nitrogen and oxygen atoms in total. The van der Waals surface area contributed by atoms with Crippen molar-refractivity contribution in [1.82, 2.24) is 5.32 Å². The maximum absolute atomic E-state index is 13.4. The van der Waals surface area contributed by atoms with Crippen molar-refractivity contribution in [3.8, 4) is 11.1 Å². The van der Waals surface area contributed by atoms with Gasteiger partial charge in [0.05, 0.1) is 0 Å². The zero-order valence-electron chi connectivity index (χ0n) is 21.7. The fraction of sp³-hybridized carbons (Fsp3) is 0.500. The maximum Gasteiger partial charge on any atom is 0.326 e. The lowest BCUT2D eigenvalue weighted by Crippen LogP contribution is -2.41. The first kappa shape index (κ1) is 29.9. The molecule has 0 aliphatic rings. The predicted molar refractivity (Wildman–Crippen MR) is 148 cm³/mol. The maximum atomic E-state index is 13.4. The van der Waals surface area contributed by atoms with Crippen molar-refractivity contribution in [3.63, 3.8) is 0 Å². The molecule has 0 radical (unpaired) electrons. The van der Waals surface area contributed by atoms with Gasteiger partial charge < -0.3 is 10.4 Å². The summed E-state index contributed by atoms with van der Waals surface area (Å²) >= 11 is 1.52. The molecule has 0 aliphatic heterocycles. The summed E-state index contributed by atoms with van der Waals surface area (Å²) in [6.45, 7) is 6.03. The topological polar surface area (TPSA) is 101 Å². The van der Waals surface area contributed by atoms with Crippen molar-refractivity contribution in [3.05, 3.63) is 59.2 Å². The van der Waals surface area contributed by atoms with E-state index in [9.17, 15) is 23.8 Å². The van der Waals surface area contributed by atoms with Crippen LogP contribution in [0, 0.1) is 6.92 Å². The largest absolute Gasteiger partial charge is 0.480 e. The number of rotatable bonds is 15. The lowest BCUT2D eigenvalue weighted by molar-refractivity contribution is -0.139. The van der Waals surface area contributed by atoms with Crippen LogP contribution in [-0.4, -0.2) is 35.0 Å². The third kappa shape index (κ3) is 7.33. The quantitative estimate of drug-likeness (QED) is 0.233. The molecule has 0 spiro atoms. The molecule has 0 aromatic heterocycles. The van der Waals surface area contributed by atoms with Crippen molar-refractivity contribution >= 4 is 31.3 Å². The molecule has 1 amide bonds. The number of aliphatic carboxylic acids is 1. The van der Waals surface area contributed by atoms with E-state index in [2.05, 4.69) is 5.32 Å². The summed E-state index contributed by atoms with van der Waals surface area (Å²) in [6.07, 6.45) is 6.58. The number of unbranched alkanes of at least 4 members (excludes halogenated alkanes) is 2. The number of nitrogens with one attached hydrogen (secondary N) is 1. The van der Waals surface area contributed by atoms with E-state index >= 15 is 0 Å². The number of carboxylic acid groups (broad SMARTS) is 1. The van der Waals surface area contributed by atoms with Gasteiger partial charge in [0.15, 0.2) is 0 Å². The second-order valence-electron chi connectivity index (χ2n) is 9.22. The number of carbonyl (C=O) groups is 2. The van der Waals surface area contributed by atoms with Crippen molar-refractivity contribution in [2.24, 2.45) is 0 Å². The van der Waals surface area contributed by atoms with Crippen LogP contribution >= 0.6 is 19.4 Å². The van der Waals surface area contributed by atoms with Crippen LogP contribution in [-0.2, 0) is 19.1 Å². The van der Waals surface area contributed by atoms with Gasteiger partial charge in [-0.05, 0) is 72.6 Å². The zero-order chi connectivity index (χ0) is 26.7. The normalized spacial score (nSPS) is 12.2. The van der Waals surface area contributed by atoms with Crippen LogP contribution in [0.5, 0.6) is 0 Å². The highest BCUT2D eigenvalue weighted by molar-refractivity contribution is 7.98. The molecule has 2 aromatic rings. The minimum atomic E-state index is -2.77. The van der Waals surface area contributed by atoms with Gasteiger partial charge in [0.1, 0.15) is 11.2 Å². The molecule has 2 N–H and O–H groups in total. The lowest BCUT2D eigenvalue weighted by Gasteiger charge is -2.28. The summed E-state index contributed by atoms with van der Waals surface area (Å²) in [4.78, 5) is 25.1. The summed E-state index contributed by atoms with van der Waals surface area (Å²) in [5.74, 6) is -0.949. The Morgan fingerprint density at radius 2 is 1.67 bits per heavy atom. The monoisotopic (exact) mass is 531 g/mol. The molecule has 0 heterocycles. The molecule has 0 unspecified atom stereocenters. The highest BCUT2D eigenvalue weighted by Gasteiger charge is 2.38. The number of amides is 1. The van der Waals surface area contributed by atoms with Gasteiger partial charge in [0.25, 0.3) is 5.91 Å². The molecule has 1 atom stereocenters. The van der Waals surface area contributed by atoms with Crippen LogP contribution in [0.15, 0.2) is 42.5 Å². The number of carboxylic acids is 1. The van der Waals surface area contributed by atoms with Crippen molar-refractivity contribution in [2.75, 3.05) is 12.0 Å². The fourth-order valence-electron chi connectivity index (χ4n) is 4.50. The van der Waals surface area contributed by atoms with Gasteiger partial charge in [-0.3, -0.25) is 4.79 Å². The minimum absolute atomic E-state index is 0.313. The SMILES string of the molecule is CCCCC(CCCC)(c1ccc(C(=O)N[C@@H](CCSC)C(=O)O)c(-c2ccccc2C)c1)P(=O)=O. The third-order valence-electron chi connectivity index (χ3n) is 6.69. The number of hydrogen-bond donors (Lipinski definition) is 2. The average Bonchev–Trinajstić information content (AvgIpc) is 2.86. The number of aryl methyl sites for hydroxylation is 1. The van der Waals surface area contributed by atoms with Crippen LogP contribution < -0.4 is 5.32 Å². The van der Waals surface area contributed by atoms with Gasteiger partial charge >= 0.3 is 13.6 Å². The summed E-state index contributed by atoms with van der Waals surface area (Å²) < 4.78 is 25.6. The molecule has 0 aliphatic carbocycles. The molecule has 2 rings (SSSR count). The van der Waals surface area contributed by atoms with E-state index in [4.69, 9.17) is 0 Å². The molecule has 36 heavy (non-hydrogen) atoms. The number of carbonyl (C=O) groups excluding carboxylic acids is 1. The number of hydrogen-bond acceptors (Lipinski definition) is 5.